The third-order valence-electron chi connectivity index (χ3n) is 1.36. The predicted molar refractivity (Wildman–Crippen MR) is 50.7 cm³/mol. The number of fused-ring (bicyclic) bond motifs is 1. The molecule has 4 heteroatoms. The number of thiophene rings is 1. The summed E-state index contributed by atoms with van der Waals surface area (Å²) < 4.78 is 18.0. The highest BCUT2D eigenvalue weighted by Gasteiger charge is 1.87. The second-order valence-corrected chi connectivity index (χ2v) is 3.11. The average Bonchev–Trinajstić information content (AvgIpc) is 2.52. The van der Waals surface area contributed by atoms with Crippen molar-refractivity contribution in [2.75, 3.05) is 0 Å². The van der Waals surface area contributed by atoms with E-state index in [1.807, 2.05) is 0 Å². The summed E-state index contributed by atoms with van der Waals surface area (Å²) in [6, 6.07) is 10.5. The molecule has 0 radical (unpaired) electrons. The molecule has 0 unspecified atom stereocenters. The van der Waals surface area contributed by atoms with E-state index < -0.39 is 11.6 Å². The minimum atomic E-state index is -0.750. The third-order valence-corrected chi connectivity index (χ3v) is 2.26. The van der Waals surface area contributed by atoms with Crippen LogP contribution in [-0.4, -0.2) is 8.42 Å². The summed E-state index contributed by atoms with van der Waals surface area (Å²) in [6.45, 7) is 0. The van der Waals surface area contributed by atoms with E-state index in [2.05, 4.69) is 35.7 Å². The van der Waals surface area contributed by atoms with Crippen molar-refractivity contribution in [1.82, 2.24) is 0 Å². The van der Waals surface area contributed by atoms with E-state index >= 15 is 0 Å². The summed E-state index contributed by atoms with van der Waals surface area (Å²) in [6.07, 6.45) is 0. The quantitative estimate of drug-likeness (QED) is 0.650. The Morgan fingerprint density at radius 3 is 2.42 bits per heavy atom. The van der Waals surface area contributed by atoms with Gasteiger partial charge in [-0.05, 0) is 22.9 Å². The summed E-state index contributed by atoms with van der Waals surface area (Å²) >= 11 is 1.04. The van der Waals surface area contributed by atoms with Gasteiger partial charge >= 0.3 is 11.6 Å². The van der Waals surface area contributed by atoms with Crippen LogP contribution in [0.25, 0.3) is 10.1 Å². The molecule has 0 amide bonds. The standard InChI is InChI=1S/C8H6S.O2S/c1-2-4-8-7(3-1)5-6-9-8;1-3-2/h1-6H;. The van der Waals surface area contributed by atoms with E-state index in [9.17, 15) is 0 Å². The fraction of sp³-hybridized carbons (Fsp3) is 0. The van der Waals surface area contributed by atoms with Gasteiger partial charge in [-0.3, -0.25) is 0 Å². The topological polar surface area (TPSA) is 34.1 Å². The molecule has 12 heavy (non-hydrogen) atoms. The van der Waals surface area contributed by atoms with Gasteiger partial charge in [-0.25, -0.2) is 0 Å². The van der Waals surface area contributed by atoms with E-state index in [0.717, 1.165) is 0 Å². The van der Waals surface area contributed by atoms with Gasteiger partial charge in [0, 0.05) is 4.70 Å². The minimum Gasteiger partial charge on any atom is -0.168 e. The molecule has 0 N–H and O–H groups in total. The van der Waals surface area contributed by atoms with Crippen molar-refractivity contribution in [3.8, 4) is 0 Å². The van der Waals surface area contributed by atoms with Gasteiger partial charge in [-0.2, -0.15) is 8.42 Å². The monoisotopic (exact) mass is 198 g/mol. The molecule has 2 rings (SSSR count). The van der Waals surface area contributed by atoms with Crippen molar-refractivity contribution in [2.24, 2.45) is 0 Å². The Labute approximate surface area is 77.4 Å². The second-order valence-electron chi connectivity index (χ2n) is 2.03. The Balaban J connectivity index is 0.000000213. The lowest BCUT2D eigenvalue weighted by Crippen LogP contribution is -1.56. The van der Waals surface area contributed by atoms with Gasteiger partial charge in [0.1, 0.15) is 0 Å². The lowest BCUT2D eigenvalue weighted by atomic mass is 10.3. The molecule has 0 fully saturated rings. The van der Waals surface area contributed by atoms with Gasteiger partial charge < -0.3 is 0 Å². The van der Waals surface area contributed by atoms with E-state index in [1.165, 1.54) is 10.1 Å². The average molecular weight is 198 g/mol. The highest BCUT2D eigenvalue weighted by atomic mass is 32.1. The molecule has 0 aliphatic heterocycles. The van der Waals surface area contributed by atoms with Crippen LogP contribution in [0.3, 0.4) is 0 Å². The fourth-order valence-electron chi connectivity index (χ4n) is 0.906. The number of rotatable bonds is 0. The summed E-state index contributed by atoms with van der Waals surface area (Å²) in [5.41, 5.74) is 0. The normalized spacial score (nSPS) is 8.67. The minimum absolute atomic E-state index is 0.750. The molecule has 2 aromatic rings. The van der Waals surface area contributed by atoms with E-state index in [1.54, 1.807) is 11.3 Å². The molecular weight excluding hydrogens is 192 g/mol. The van der Waals surface area contributed by atoms with Crippen LogP contribution in [0.15, 0.2) is 35.7 Å². The van der Waals surface area contributed by atoms with Crippen LogP contribution in [0, 0.1) is 0 Å². The van der Waals surface area contributed by atoms with Crippen molar-refractivity contribution in [3.63, 3.8) is 0 Å². The van der Waals surface area contributed by atoms with Crippen LogP contribution in [-0.2, 0) is 11.6 Å². The SMILES string of the molecule is O=S=O.c1ccc2sccc2c1. The molecule has 0 bridgehead atoms. The third kappa shape index (κ3) is 2.25. The van der Waals surface area contributed by atoms with E-state index in [4.69, 9.17) is 8.42 Å². The molecule has 0 aliphatic carbocycles. The molecule has 0 atom stereocenters. The van der Waals surface area contributed by atoms with Crippen LogP contribution in [0.1, 0.15) is 0 Å². The van der Waals surface area contributed by atoms with Gasteiger partial charge in [0.15, 0.2) is 0 Å². The van der Waals surface area contributed by atoms with Crippen molar-refractivity contribution in [2.45, 2.75) is 0 Å². The molecule has 0 saturated heterocycles. The first-order chi connectivity index (χ1) is 5.88. The second kappa shape index (κ2) is 4.79. The van der Waals surface area contributed by atoms with Gasteiger partial charge in [-0.1, -0.05) is 18.2 Å². The Kier molecular flexibility index (Phi) is 3.63. The van der Waals surface area contributed by atoms with E-state index in [0.29, 0.717) is 0 Å². The Morgan fingerprint density at radius 2 is 1.75 bits per heavy atom. The maximum Gasteiger partial charge on any atom is 0.335 e. The van der Waals surface area contributed by atoms with Gasteiger partial charge in [0.25, 0.3) is 0 Å². The molecule has 62 valence electrons. The zero-order valence-electron chi connectivity index (χ0n) is 6.10. The molecule has 0 spiro atoms. The maximum atomic E-state index is 8.29. The first-order valence-corrected chi connectivity index (χ1v) is 4.77. The maximum absolute atomic E-state index is 8.29. The van der Waals surface area contributed by atoms with Crippen molar-refractivity contribution < 1.29 is 8.42 Å². The Hall–Kier alpha value is -1.00. The molecular formula is C8H6O2S2. The van der Waals surface area contributed by atoms with Crippen molar-refractivity contribution in [1.29, 1.82) is 0 Å². The van der Waals surface area contributed by atoms with E-state index in [-0.39, 0.29) is 0 Å². The van der Waals surface area contributed by atoms with Crippen LogP contribution in [0.4, 0.5) is 0 Å². The molecule has 0 aliphatic rings. The largest absolute Gasteiger partial charge is 0.335 e. The smallest absolute Gasteiger partial charge is 0.168 e. The van der Waals surface area contributed by atoms with Crippen LogP contribution >= 0.6 is 11.3 Å². The summed E-state index contributed by atoms with van der Waals surface area (Å²) in [4.78, 5) is 0. The number of hydrogen-bond acceptors (Lipinski definition) is 3. The van der Waals surface area contributed by atoms with Crippen LogP contribution < -0.4 is 0 Å². The molecule has 1 heterocycles. The van der Waals surface area contributed by atoms with Crippen molar-refractivity contribution >= 4 is 33.0 Å². The molecule has 1 aromatic heterocycles. The zero-order chi connectivity index (χ0) is 8.81. The first kappa shape index (κ1) is 9.09. The Morgan fingerprint density at radius 1 is 1.08 bits per heavy atom. The number of hydrogen-bond donors (Lipinski definition) is 0. The summed E-state index contributed by atoms with van der Waals surface area (Å²) in [5.74, 6) is 0. The Bertz CT molecular complexity index is 358. The lowest BCUT2D eigenvalue weighted by Gasteiger charge is -1.82. The molecule has 0 saturated carbocycles. The molecule has 1 aromatic carbocycles. The predicted octanol–water partition coefficient (Wildman–Crippen LogP) is 2.23. The van der Waals surface area contributed by atoms with Crippen LogP contribution in [0.2, 0.25) is 0 Å². The number of benzene rings is 1. The first-order valence-electron chi connectivity index (χ1n) is 3.22. The fourth-order valence-corrected chi connectivity index (χ4v) is 1.70. The van der Waals surface area contributed by atoms with Gasteiger partial charge in [-0.15, -0.1) is 11.3 Å². The van der Waals surface area contributed by atoms with Crippen LogP contribution in [0.5, 0.6) is 0 Å². The highest BCUT2D eigenvalue weighted by Crippen LogP contribution is 2.18. The summed E-state index contributed by atoms with van der Waals surface area (Å²) in [5, 5.41) is 3.47. The lowest BCUT2D eigenvalue weighted by molar-refractivity contribution is 0.630. The highest BCUT2D eigenvalue weighted by molar-refractivity contribution is 7.51. The van der Waals surface area contributed by atoms with Gasteiger partial charge in [0.05, 0.1) is 0 Å². The van der Waals surface area contributed by atoms with Crippen molar-refractivity contribution in [3.05, 3.63) is 35.7 Å². The van der Waals surface area contributed by atoms with Gasteiger partial charge in [0.2, 0.25) is 0 Å². The molecule has 2 nitrogen and oxygen atoms in total. The summed E-state index contributed by atoms with van der Waals surface area (Å²) in [7, 11) is 0. The zero-order valence-corrected chi connectivity index (χ0v) is 7.73.